The normalized spacial score (nSPS) is 10.8. The minimum atomic E-state index is -0.298. The Labute approximate surface area is 142 Å². The minimum Gasteiger partial charge on any atom is -0.495 e. The first-order valence-electron chi connectivity index (χ1n) is 7.61. The van der Waals surface area contributed by atoms with Gasteiger partial charge in [-0.1, -0.05) is 12.1 Å². The zero-order valence-electron chi connectivity index (χ0n) is 13.3. The van der Waals surface area contributed by atoms with Gasteiger partial charge < -0.3 is 10.1 Å². The van der Waals surface area contributed by atoms with Gasteiger partial charge in [0.25, 0.3) is 0 Å². The maximum atomic E-state index is 13.1. The van der Waals surface area contributed by atoms with Crippen molar-refractivity contribution in [1.29, 1.82) is 0 Å². The van der Waals surface area contributed by atoms with E-state index in [1.54, 1.807) is 30.1 Å². The van der Waals surface area contributed by atoms with Crippen LogP contribution < -0.4 is 10.1 Å². The molecule has 25 heavy (non-hydrogen) atoms. The van der Waals surface area contributed by atoms with Crippen molar-refractivity contribution < 1.29 is 9.13 Å². The molecule has 0 atom stereocenters. The first-order valence-corrected chi connectivity index (χ1v) is 7.61. The molecule has 0 saturated carbocycles. The summed E-state index contributed by atoms with van der Waals surface area (Å²) in [5.41, 5.74) is 2.14. The highest BCUT2D eigenvalue weighted by atomic mass is 19.1. The van der Waals surface area contributed by atoms with E-state index in [9.17, 15) is 4.39 Å². The van der Waals surface area contributed by atoms with E-state index in [4.69, 9.17) is 4.74 Å². The molecule has 0 aliphatic heterocycles. The van der Waals surface area contributed by atoms with Gasteiger partial charge in [0, 0.05) is 0 Å². The van der Waals surface area contributed by atoms with Crippen molar-refractivity contribution in [3.8, 4) is 11.4 Å². The van der Waals surface area contributed by atoms with Crippen LogP contribution in [0.2, 0.25) is 0 Å². The summed E-state index contributed by atoms with van der Waals surface area (Å²) in [6.45, 7) is 0. The first-order chi connectivity index (χ1) is 12.3. The summed E-state index contributed by atoms with van der Waals surface area (Å²) in [5.74, 6) is 1.02. The number of nitrogens with zero attached hydrogens (tertiary/aromatic N) is 4. The number of para-hydroxylation sites is 2. The summed E-state index contributed by atoms with van der Waals surface area (Å²) < 4.78 is 20.1. The summed E-state index contributed by atoms with van der Waals surface area (Å²) in [5, 5.41) is 8.36. The SMILES string of the molecule is COc1ccccc1Nc1ncnc2c1cnn2-c1ccc(F)cc1. The van der Waals surface area contributed by atoms with E-state index in [0.717, 1.165) is 16.8 Å². The van der Waals surface area contributed by atoms with E-state index in [1.807, 2.05) is 24.3 Å². The summed E-state index contributed by atoms with van der Waals surface area (Å²) in [6.07, 6.45) is 3.14. The third kappa shape index (κ3) is 2.76. The molecule has 0 unspecified atom stereocenters. The maximum absolute atomic E-state index is 13.1. The van der Waals surface area contributed by atoms with Gasteiger partial charge in [-0.3, -0.25) is 0 Å². The summed E-state index contributed by atoms with van der Waals surface area (Å²) in [7, 11) is 1.61. The van der Waals surface area contributed by atoms with E-state index in [-0.39, 0.29) is 5.82 Å². The Hall–Kier alpha value is -3.48. The molecule has 2 aromatic carbocycles. The van der Waals surface area contributed by atoms with Gasteiger partial charge in [-0.15, -0.1) is 0 Å². The Bertz CT molecular complexity index is 1030. The van der Waals surface area contributed by atoms with Crippen LogP contribution in [0.4, 0.5) is 15.9 Å². The second-order valence-corrected chi connectivity index (χ2v) is 5.32. The molecule has 7 heteroatoms. The van der Waals surface area contributed by atoms with Gasteiger partial charge in [0.2, 0.25) is 0 Å². The molecule has 0 radical (unpaired) electrons. The first kappa shape index (κ1) is 15.1. The molecular weight excluding hydrogens is 321 g/mol. The summed E-state index contributed by atoms with van der Waals surface area (Å²) in [6, 6.07) is 13.6. The summed E-state index contributed by atoms with van der Waals surface area (Å²) >= 11 is 0. The van der Waals surface area contributed by atoms with Crippen LogP contribution in [0.15, 0.2) is 61.1 Å². The number of aromatic nitrogens is 4. The highest BCUT2D eigenvalue weighted by Crippen LogP contribution is 2.29. The number of nitrogens with one attached hydrogen (secondary N) is 1. The van der Waals surface area contributed by atoms with Crippen molar-refractivity contribution in [1.82, 2.24) is 19.7 Å². The molecule has 0 aliphatic rings. The third-order valence-corrected chi connectivity index (χ3v) is 3.80. The van der Waals surface area contributed by atoms with Gasteiger partial charge in [0.15, 0.2) is 5.65 Å². The predicted octanol–water partition coefficient (Wildman–Crippen LogP) is 3.71. The molecule has 0 bridgehead atoms. The number of anilines is 2. The van der Waals surface area contributed by atoms with Gasteiger partial charge in [-0.2, -0.15) is 5.10 Å². The van der Waals surface area contributed by atoms with Crippen molar-refractivity contribution in [2.75, 3.05) is 12.4 Å². The fourth-order valence-corrected chi connectivity index (χ4v) is 2.59. The maximum Gasteiger partial charge on any atom is 0.168 e. The highest BCUT2D eigenvalue weighted by molar-refractivity contribution is 5.89. The van der Waals surface area contributed by atoms with E-state index in [2.05, 4.69) is 20.4 Å². The van der Waals surface area contributed by atoms with Gasteiger partial charge in [-0.25, -0.2) is 19.0 Å². The number of hydrogen-bond donors (Lipinski definition) is 1. The Kier molecular flexibility index (Phi) is 3.74. The van der Waals surface area contributed by atoms with Gasteiger partial charge in [0.05, 0.1) is 30.1 Å². The van der Waals surface area contributed by atoms with Crippen molar-refractivity contribution in [3.63, 3.8) is 0 Å². The molecule has 6 nitrogen and oxygen atoms in total. The lowest BCUT2D eigenvalue weighted by molar-refractivity contribution is 0.417. The number of ether oxygens (including phenoxy) is 1. The minimum absolute atomic E-state index is 0.298. The Morgan fingerprint density at radius 3 is 2.64 bits per heavy atom. The standard InChI is InChI=1S/C18H14FN5O/c1-25-16-5-3-2-4-15(16)23-17-14-10-22-24(18(14)21-11-20-17)13-8-6-12(19)7-9-13/h2-11H,1H3,(H,20,21,23). The van der Waals surface area contributed by atoms with Crippen LogP contribution in [0.1, 0.15) is 0 Å². The van der Waals surface area contributed by atoms with E-state index in [1.165, 1.54) is 18.5 Å². The molecule has 4 rings (SSSR count). The third-order valence-electron chi connectivity index (χ3n) is 3.80. The largest absolute Gasteiger partial charge is 0.495 e. The van der Waals surface area contributed by atoms with Crippen LogP contribution in [0.5, 0.6) is 5.75 Å². The number of benzene rings is 2. The molecule has 0 saturated heterocycles. The second kappa shape index (κ2) is 6.20. The molecule has 0 aliphatic carbocycles. The quantitative estimate of drug-likeness (QED) is 0.616. The lowest BCUT2D eigenvalue weighted by atomic mass is 10.2. The average Bonchev–Trinajstić information content (AvgIpc) is 3.08. The van der Waals surface area contributed by atoms with Crippen LogP contribution in [-0.2, 0) is 0 Å². The molecule has 0 amide bonds. The Morgan fingerprint density at radius 1 is 1.04 bits per heavy atom. The Morgan fingerprint density at radius 2 is 1.84 bits per heavy atom. The summed E-state index contributed by atoms with van der Waals surface area (Å²) in [4.78, 5) is 8.62. The highest BCUT2D eigenvalue weighted by Gasteiger charge is 2.12. The number of halogens is 1. The van der Waals surface area contributed by atoms with Crippen molar-refractivity contribution >= 4 is 22.5 Å². The lowest BCUT2D eigenvalue weighted by Crippen LogP contribution is -2.00. The lowest BCUT2D eigenvalue weighted by Gasteiger charge is -2.10. The number of methoxy groups -OCH3 is 1. The molecule has 4 aromatic rings. The van der Waals surface area contributed by atoms with Crippen LogP contribution >= 0.6 is 0 Å². The molecule has 2 aromatic heterocycles. The fraction of sp³-hybridized carbons (Fsp3) is 0.0556. The molecule has 124 valence electrons. The molecule has 0 fully saturated rings. The van der Waals surface area contributed by atoms with Crippen molar-refractivity contribution in [3.05, 3.63) is 66.9 Å². The zero-order chi connectivity index (χ0) is 17.2. The molecule has 2 heterocycles. The zero-order valence-corrected chi connectivity index (χ0v) is 13.3. The van der Waals surface area contributed by atoms with Crippen LogP contribution in [-0.4, -0.2) is 26.9 Å². The van der Waals surface area contributed by atoms with Crippen LogP contribution in [0.25, 0.3) is 16.7 Å². The average molecular weight is 335 g/mol. The van der Waals surface area contributed by atoms with E-state index < -0.39 is 0 Å². The van der Waals surface area contributed by atoms with E-state index >= 15 is 0 Å². The molecular formula is C18H14FN5O. The molecule has 1 N–H and O–H groups in total. The van der Waals surface area contributed by atoms with E-state index in [0.29, 0.717) is 17.2 Å². The van der Waals surface area contributed by atoms with Gasteiger partial charge >= 0.3 is 0 Å². The fourth-order valence-electron chi connectivity index (χ4n) is 2.59. The van der Waals surface area contributed by atoms with Crippen molar-refractivity contribution in [2.45, 2.75) is 0 Å². The predicted molar refractivity (Wildman–Crippen MR) is 92.9 cm³/mol. The monoisotopic (exact) mass is 335 g/mol. The molecule has 0 spiro atoms. The number of fused-ring (bicyclic) bond motifs is 1. The van der Waals surface area contributed by atoms with Gasteiger partial charge in [0.1, 0.15) is 23.7 Å². The second-order valence-electron chi connectivity index (χ2n) is 5.32. The van der Waals surface area contributed by atoms with Crippen molar-refractivity contribution in [2.24, 2.45) is 0 Å². The number of rotatable bonds is 4. The number of hydrogen-bond acceptors (Lipinski definition) is 5. The topological polar surface area (TPSA) is 64.9 Å². The van der Waals surface area contributed by atoms with Crippen LogP contribution in [0.3, 0.4) is 0 Å². The van der Waals surface area contributed by atoms with Crippen LogP contribution in [0, 0.1) is 5.82 Å². The smallest absolute Gasteiger partial charge is 0.168 e. The Balaban J connectivity index is 1.78. The van der Waals surface area contributed by atoms with Gasteiger partial charge in [-0.05, 0) is 36.4 Å².